The molecule has 0 aliphatic rings. The van der Waals surface area contributed by atoms with Crippen molar-refractivity contribution in [3.8, 4) is 11.5 Å². The van der Waals surface area contributed by atoms with Gasteiger partial charge < -0.3 is 20.5 Å². The van der Waals surface area contributed by atoms with Gasteiger partial charge >= 0.3 is 6.03 Å². The Kier molecular flexibility index (Phi) is 7.84. The molecule has 0 spiro atoms. The van der Waals surface area contributed by atoms with E-state index in [4.69, 9.17) is 15.2 Å². The van der Waals surface area contributed by atoms with Crippen LogP contribution in [-0.4, -0.2) is 37.6 Å². The highest BCUT2D eigenvalue weighted by Gasteiger charge is 2.21. The van der Waals surface area contributed by atoms with Gasteiger partial charge in [0.1, 0.15) is 6.04 Å². The highest BCUT2D eigenvalue weighted by molar-refractivity contribution is 5.96. The third-order valence-electron chi connectivity index (χ3n) is 3.94. The largest absolute Gasteiger partial charge is 0.493 e. The summed E-state index contributed by atoms with van der Waals surface area (Å²) < 4.78 is 10.6. The van der Waals surface area contributed by atoms with E-state index >= 15 is 0 Å². The third-order valence-corrected chi connectivity index (χ3v) is 3.94. The van der Waals surface area contributed by atoms with Gasteiger partial charge in [-0.1, -0.05) is 30.3 Å². The summed E-state index contributed by atoms with van der Waals surface area (Å²) in [6, 6.07) is 11.9. The highest BCUT2D eigenvalue weighted by atomic mass is 16.5. The quantitative estimate of drug-likeness (QED) is 0.493. The second-order valence-electron chi connectivity index (χ2n) is 5.99. The molecule has 0 saturated carbocycles. The zero-order chi connectivity index (χ0) is 21.2. The van der Waals surface area contributed by atoms with Gasteiger partial charge in [0.05, 0.1) is 13.7 Å². The summed E-state index contributed by atoms with van der Waals surface area (Å²) in [6.45, 7) is 2.29. The number of hydrogen-bond donors (Lipinski definition) is 4. The van der Waals surface area contributed by atoms with Crippen LogP contribution in [0.5, 0.6) is 11.5 Å². The van der Waals surface area contributed by atoms with Crippen LogP contribution in [-0.2, 0) is 11.2 Å². The number of nitrogens with one attached hydrogen (secondary N) is 3. The number of rotatable bonds is 8. The molecule has 0 saturated heterocycles. The van der Waals surface area contributed by atoms with Crippen molar-refractivity contribution in [2.45, 2.75) is 19.4 Å². The molecule has 0 bridgehead atoms. The number of nitrogens with two attached hydrogens (primary N) is 1. The minimum Gasteiger partial charge on any atom is -0.493 e. The fourth-order valence-electron chi connectivity index (χ4n) is 2.59. The predicted molar refractivity (Wildman–Crippen MR) is 106 cm³/mol. The molecule has 154 valence electrons. The molecule has 0 aliphatic carbocycles. The van der Waals surface area contributed by atoms with Gasteiger partial charge in [0.2, 0.25) is 0 Å². The zero-order valence-electron chi connectivity index (χ0n) is 16.2. The lowest BCUT2D eigenvalue weighted by molar-refractivity contribution is -0.123. The molecular formula is C20H24N4O5. The average Bonchev–Trinajstić information content (AvgIpc) is 2.72. The summed E-state index contributed by atoms with van der Waals surface area (Å²) in [6.07, 6.45) is 0.211. The fraction of sp³-hybridized carbons (Fsp3) is 0.250. The van der Waals surface area contributed by atoms with Gasteiger partial charge in [0.15, 0.2) is 11.5 Å². The van der Waals surface area contributed by atoms with Crippen molar-refractivity contribution in [1.29, 1.82) is 0 Å². The number of benzene rings is 2. The second kappa shape index (κ2) is 10.5. The van der Waals surface area contributed by atoms with Crippen LogP contribution >= 0.6 is 0 Å². The predicted octanol–water partition coefficient (Wildman–Crippen LogP) is 1.13. The lowest BCUT2D eigenvalue weighted by atomic mass is 10.1. The molecule has 5 N–H and O–H groups in total. The van der Waals surface area contributed by atoms with Crippen molar-refractivity contribution < 1.29 is 23.9 Å². The van der Waals surface area contributed by atoms with E-state index in [-0.39, 0.29) is 12.0 Å². The van der Waals surface area contributed by atoms with Gasteiger partial charge in [-0.2, -0.15) is 0 Å². The number of urea groups is 1. The summed E-state index contributed by atoms with van der Waals surface area (Å²) in [5.74, 6) is -0.275. The molecule has 0 aromatic heterocycles. The van der Waals surface area contributed by atoms with Crippen molar-refractivity contribution in [3.05, 3.63) is 59.7 Å². The normalized spacial score (nSPS) is 11.1. The van der Waals surface area contributed by atoms with Gasteiger partial charge in [0, 0.05) is 12.0 Å². The maximum atomic E-state index is 12.4. The van der Waals surface area contributed by atoms with E-state index in [9.17, 15) is 14.4 Å². The average molecular weight is 400 g/mol. The molecule has 1 atom stereocenters. The highest BCUT2D eigenvalue weighted by Crippen LogP contribution is 2.27. The fourth-order valence-corrected chi connectivity index (χ4v) is 2.59. The number of amides is 4. The first-order valence-corrected chi connectivity index (χ1v) is 8.95. The molecule has 0 aliphatic heterocycles. The van der Waals surface area contributed by atoms with Crippen LogP contribution in [0.3, 0.4) is 0 Å². The number of hydrazine groups is 1. The molecule has 0 heterocycles. The Labute approximate surface area is 168 Å². The first-order valence-electron chi connectivity index (χ1n) is 8.95. The molecule has 29 heavy (non-hydrogen) atoms. The van der Waals surface area contributed by atoms with Crippen LogP contribution in [0.1, 0.15) is 22.8 Å². The smallest absolute Gasteiger partial charge is 0.312 e. The van der Waals surface area contributed by atoms with Gasteiger partial charge in [0.25, 0.3) is 11.8 Å². The number of carbonyl (C=O) groups excluding carboxylic acids is 3. The maximum absolute atomic E-state index is 12.4. The summed E-state index contributed by atoms with van der Waals surface area (Å²) >= 11 is 0. The Balaban J connectivity index is 2.02. The van der Waals surface area contributed by atoms with Crippen molar-refractivity contribution in [2.75, 3.05) is 13.7 Å². The second-order valence-corrected chi connectivity index (χ2v) is 5.99. The first-order chi connectivity index (χ1) is 13.9. The summed E-state index contributed by atoms with van der Waals surface area (Å²) in [7, 11) is 1.46. The lowest BCUT2D eigenvalue weighted by Crippen LogP contribution is -2.54. The van der Waals surface area contributed by atoms with Gasteiger partial charge in [-0.05, 0) is 30.7 Å². The van der Waals surface area contributed by atoms with E-state index in [1.165, 1.54) is 19.2 Å². The van der Waals surface area contributed by atoms with Crippen LogP contribution < -0.4 is 31.4 Å². The van der Waals surface area contributed by atoms with E-state index in [0.717, 1.165) is 5.56 Å². The minimum atomic E-state index is -0.954. The molecule has 2 rings (SSSR count). The first kappa shape index (κ1) is 21.5. The maximum Gasteiger partial charge on any atom is 0.312 e. The van der Waals surface area contributed by atoms with Crippen LogP contribution in [0, 0.1) is 0 Å². The summed E-state index contributed by atoms with van der Waals surface area (Å²) in [5, 5.41) is 2.37. The number of carbonyl (C=O) groups is 3. The van der Waals surface area contributed by atoms with E-state index in [2.05, 4.69) is 16.2 Å². The van der Waals surface area contributed by atoms with Crippen LogP contribution in [0.2, 0.25) is 0 Å². The standard InChI is InChI=1S/C20H24N4O5/c1-3-29-16-10-9-14(12-17(16)28-2)18(25)23-24-19(26)15(22-20(21)27)11-13-7-5-4-6-8-13/h4-10,12,15H,3,11H2,1-2H3,(H,23,25)(H,24,26)(H3,21,22,27). The Morgan fingerprint density at radius 3 is 2.38 bits per heavy atom. The molecule has 2 aromatic rings. The molecule has 0 radical (unpaired) electrons. The SMILES string of the molecule is CCOc1ccc(C(=O)NNC(=O)C(Cc2ccccc2)NC(N)=O)cc1OC. The number of methoxy groups -OCH3 is 1. The molecule has 4 amide bonds. The lowest BCUT2D eigenvalue weighted by Gasteiger charge is -2.18. The van der Waals surface area contributed by atoms with Gasteiger partial charge in [-0.25, -0.2) is 4.79 Å². The van der Waals surface area contributed by atoms with E-state index in [1.54, 1.807) is 6.07 Å². The van der Waals surface area contributed by atoms with Gasteiger partial charge in [-0.3, -0.25) is 20.4 Å². The van der Waals surface area contributed by atoms with E-state index < -0.39 is 23.9 Å². The van der Waals surface area contributed by atoms with Crippen LogP contribution in [0.25, 0.3) is 0 Å². The van der Waals surface area contributed by atoms with E-state index in [1.807, 2.05) is 37.3 Å². The van der Waals surface area contributed by atoms with Crippen LogP contribution in [0.4, 0.5) is 4.79 Å². The van der Waals surface area contributed by atoms with Gasteiger partial charge in [-0.15, -0.1) is 0 Å². The van der Waals surface area contributed by atoms with Crippen molar-refractivity contribution in [3.63, 3.8) is 0 Å². The number of hydrogen-bond acceptors (Lipinski definition) is 5. The monoisotopic (exact) mass is 400 g/mol. The molecule has 1 unspecified atom stereocenters. The molecule has 0 fully saturated rings. The Hall–Kier alpha value is -3.75. The van der Waals surface area contributed by atoms with Crippen molar-refractivity contribution in [2.24, 2.45) is 5.73 Å². The van der Waals surface area contributed by atoms with Crippen molar-refractivity contribution >= 4 is 17.8 Å². The Bertz CT molecular complexity index is 857. The molecule has 2 aromatic carbocycles. The van der Waals surface area contributed by atoms with Crippen LogP contribution in [0.15, 0.2) is 48.5 Å². The molecule has 9 nitrogen and oxygen atoms in total. The minimum absolute atomic E-state index is 0.211. The Morgan fingerprint density at radius 1 is 1.03 bits per heavy atom. The van der Waals surface area contributed by atoms with Crippen molar-refractivity contribution in [1.82, 2.24) is 16.2 Å². The third kappa shape index (κ3) is 6.42. The van der Waals surface area contributed by atoms with E-state index in [0.29, 0.717) is 18.1 Å². The number of ether oxygens (including phenoxy) is 2. The summed E-state index contributed by atoms with van der Waals surface area (Å²) in [5.41, 5.74) is 10.9. The Morgan fingerprint density at radius 2 is 1.76 bits per heavy atom. The zero-order valence-corrected chi connectivity index (χ0v) is 16.2. The summed E-state index contributed by atoms with van der Waals surface area (Å²) in [4.78, 5) is 36.0. The number of primary amides is 1. The topological polar surface area (TPSA) is 132 Å². The molecule has 9 heteroatoms. The molecular weight excluding hydrogens is 376 g/mol.